The van der Waals surface area contributed by atoms with Gasteiger partial charge in [0.2, 0.25) is 0 Å². The normalized spacial score (nSPS) is 13.3. The summed E-state index contributed by atoms with van der Waals surface area (Å²) in [6, 6.07) is 3.95. The van der Waals surface area contributed by atoms with Crippen molar-refractivity contribution < 1.29 is 0 Å². The molecule has 12 heavy (non-hydrogen) atoms. The molecule has 1 rings (SSSR count). The first-order valence-electron chi connectivity index (χ1n) is 4.30. The molecule has 0 fully saturated rings. The largest absolute Gasteiger partial charge is 0.365 e. The number of hydrogen-bond donors (Lipinski definition) is 1. The zero-order chi connectivity index (χ0) is 9.14. The second-order valence-electron chi connectivity index (χ2n) is 3.51. The molecule has 1 heterocycles. The Morgan fingerprint density at radius 3 is 2.50 bits per heavy atom. The van der Waals surface area contributed by atoms with Gasteiger partial charge in [-0.15, -0.1) is 0 Å². The van der Waals surface area contributed by atoms with E-state index in [2.05, 4.69) is 25.8 Å². The summed E-state index contributed by atoms with van der Waals surface area (Å²) in [6.07, 6.45) is 1.91. The van der Waals surface area contributed by atoms with Gasteiger partial charge < -0.3 is 4.98 Å². The van der Waals surface area contributed by atoms with Crippen LogP contribution >= 0.6 is 12.2 Å². The minimum absolute atomic E-state index is 0.549. The minimum Gasteiger partial charge on any atom is -0.365 e. The van der Waals surface area contributed by atoms with Gasteiger partial charge in [0, 0.05) is 16.4 Å². The number of pyridine rings is 1. The molecule has 0 radical (unpaired) electrons. The smallest absolute Gasteiger partial charge is 0.0408 e. The molecule has 66 valence electrons. The quantitative estimate of drug-likeness (QED) is 0.690. The summed E-state index contributed by atoms with van der Waals surface area (Å²) in [4.78, 5) is 3.22. The van der Waals surface area contributed by atoms with E-state index in [9.17, 15) is 0 Å². The number of aromatic amines is 1. The third-order valence-corrected chi connectivity index (χ3v) is 2.54. The van der Waals surface area contributed by atoms with E-state index in [1.54, 1.807) is 0 Å². The Hall–Kier alpha value is -0.630. The zero-order valence-corrected chi connectivity index (χ0v) is 8.61. The van der Waals surface area contributed by atoms with Crippen LogP contribution in [0.1, 0.15) is 32.4 Å². The molecule has 1 unspecified atom stereocenters. The van der Waals surface area contributed by atoms with Crippen molar-refractivity contribution in [2.75, 3.05) is 0 Å². The van der Waals surface area contributed by atoms with Gasteiger partial charge in [0.15, 0.2) is 0 Å². The third-order valence-electron chi connectivity index (χ3n) is 2.29. The van der Waals surface area contributed by atoms with Crippen molar-refractivity contribution in [3.05, 3.63) is 28.5 Å². The third kappa shape index (κ3) is 2.18. The van der Waals surface area contributed by atoms with Gasteiger partial charge in [-0.3, -0.25) is 0 Å². The van der Waals surface area contributed by atoms with Crippen molar-refractivity contribution >= 4 is 12.2 Å². The Morgan fingerprint density at radius 2 is 2.00 bits per heavy atom. The highest BCUT2D eigenvalue weighted by molar-refractivity contribution is 7.71. The number of H-pyrrole nitrogens is 1. The summed E-state index contributed by atoms with van der Waals surface area (Å²) in [7, 11) is 0. The molecule has 0 aromatic carbocycles. The predicted octanol–water partition coefficient (Wildman–Crippen LogP) is 3.50. The Kier molecular flexibility index (Phi) is 3.04. The van der Waals surface area contributed by atoms with Gasteiger partial charge in [-0.2, -0.15) is 0 Å². The number of rotatable bonds is 2. The molecular weight excluding hydrogens is 166 g/mol. The highest BCUT2D eigenvalue weighted by Crippen LogP contribution is 2.21. The van der Waals surface area contributed by atoms with Crippen LogP contribution in [-0.4, -0.2) is 4.98 Å². The Bertz CT molecular complexity index is 301. The van der Waals surface area contributed by atoms with Crippen LogP contribution in [0.15, 0.2) is 18.3 Å². The molecule has 0 saturated carbocycles. The van der Waals surface area contributed by atoms with Crippen molar-refractivity contribution in [1.82, 2.24) is 4.98 Å². The molecule has 1 aromatic rings. The van der Waals surface area contributed by atoms with Gasteiger partial charge in [-0.05, 0) is 24.0 Å². The fraction of sp³-hybridized carbons (Fsp3) is 0.500. The molecule has 0 aliphatic carbocycles. The van der Waals surface area contributed by atoms with Crippen LogP contribution < -0.4 is 0 Å². The second-order valence-corrected chi connectivity index (χ2v) is 3.98. The first-order valence-corrected chi connectivity index (χ1v) is 4.70. The summed E-state index contributed by atoms with van der Waals surface area (Å²) < 4.78 is 0.913. The highest BCUT2D eigenvalue weighted by atomic mass is 32.1. The predicted molar refractivity (Wildman–Crippen MR) is 54.9 cm³/mol. The van der Waals surface area contributed by atoms with E-state index in [1.807, 2.05) is 18.3 Å². The fourth-order valence-corrected chi connectivity index (χ4v) is 1.28. The van der Waals surface area contributed by atoms with Crippen LogP contribution in [0.5, 0.6) is 0 Å². The maximum absolute atomic E-state index is 5.09. The first-order chi connectivity index (χ1) is 5.61. The highest BCUT2D eigenvalue weighted by Gasteiger charge is 2.09. The van der Waals surface area contributed by atoms with Gasteiger partial charge in [-0.25, -0.2) is 0 Å². The van der Waals surface area contributed by atoms with Crippen molar-refractivity contribution in [3.63, 3.8) is 0 Å². The van der Waals surface area contributed by atoms with E-state index < -0.39 is 0 Å². The number of aromatic nitrogens is 1. The maximum atomic E-state index is 5.09. The fourth-order valence-electron chi connectivity index (χ4n) is 1.09. The van der Waals surface area contributed by atoms with Gasteiger partial charge in [0.1, 0.15) is 0 Å². The lowest BCUT2D eigenvalue weighted by molar-refractivity contribution is 0.523. The summed E-state index contributed by atoms with van der Waals surface area (Å²) in [6.45, 7) is 6.65. The summed E-state index contributed by atoms with van der Waals surface area (Å²) in [5.41, 5.74) is 1.23. The van der Waals surface area contributed by atoms with E-state index in [-0.39, 0.29) is 0 Å². The molecule has 0 amide bonds. The molecule has 1 N–H and O–H groups in total. The van der Waals surface area contributed by atoms with Gasteiger partial charge >= 0.3 is 0 Å². The Morgan fingerprint density at radius 1 is 1.33 bits per heavy atom. The topological polar surface area (TPSA) is 15.8 Å². The van der Waals surface area contributed by atoms with Gasteiger partial charge in [0.05, 0.1) is 0 Å². The summed E-state index contributed by atoms with van der Waals surface area (Å²) in [5.74, 6) is 1.20. The van der Waals surface area contributed by atoms with E-state index in [1.165, 1.54) is 5.69 Å². The zero-order valence-electron chi connectivity index (χ0n) is 7.79. The monoisotopic (exact) mass is 181 g/mol. The molecule has 0 aliphatic rings. The second kappa shape index (κ2) is 3.85. The van der Waals surface area contributed by atoms with Crippen LogP contribution in [-0.2, 0) is 0 Å². The standard InChI is InChI=1S/C10H15NS/c1-7(2)8(3)10-6-9(12)4-5-11-10/h4-8H,1-3H3,(H,11,12). The molecule has 2 heteroatoms. The molecule has 1 aromatic heterocycles. The van der Waals surface area contributed by atoms with Crippen molar-refractivity contribution in [3.8, 4) is 0 Å². The minimum atomic E-state index is 0.549. The van der Waals surface area contributed by atoms with E-state index >= 15 is 0 Å². The van der Waals surface area contributed by atoms with Gasteiger partial charge in [-0.1, -0.05) is 33.0 Å². The maximum Gasteiger partial charge on any atom is 0.0408 e. The Labute approximate surface area is 78.8 Å². The molecule has 0 bridgehead atoms. The number of hydrogen-bond acceptors (Lipinski definition) is 1. The van der Waals surface area contributed by atoms with E-state index in [4.69, 9.17) is 12.2 Å². The van der Waals surface area contributed by atoms with Crippen LogP contribution in [0.25, 0.3) is 0 Å². The lowest BCUT2D eigenvalue weighted by Crippen LogP contribution is -2.03. The molecule has 0 aliphatic heterocycles. The summed E-state index contributed by atoms with van der Waals surface area (Å²) in [5, 5.41) is 0. The SMILES string of the molecule is CC(C)C(C)c1cc(=S)cc[nH]1. The number of nitrogens with one attached hydrogen (secondary N) is 1. The summed E-state index contributed by atoms with van der Waals surface area (Å²) >= 11 is 5.09. The van der Waals surface area contributed by atoms with E-state index in [0.717, 1.165) is 4.51 Å². The lowest BCUT2D eigenvalue weighted by atomic mass is 9.94. The van der Waals surface area contributed by atoms with Gasteiger partial charge in [0.25, 0.3) is 0 Å². The molecule has 0 saturated heterocycles. The van der Waals surface area contributed by atoms with Crippen LogP contribution in [0.3, 0.4) is 0 Å². The molecule has 1 nitrogen and oxygen atoms in total. The van der Waals surface area contributed by atoms with Crippen molar-refractivity contribution in [2.24, 2.45) is 5.92 Å². The van der Waals surface area contributed by atoms with E-state index in [0.29, 0.717) is 11.8 Å². The van der Waals surface area contributed by atoms with Crippen molar-refractivity contribution in [2.45, 2.75) is 26.7 Å². The van der Waals surface area contributed by atoms with Crippen LogP contribution in [0.4, 0.5) is 0 Å². The average molecular weight is 181 g/mol. The Balaban J connectivity index is 2.95. The average Bonchev–Trinajstić information content (AvgIpc) is 2.03. The molecule has 0 spiro atoms. The van der Waals surface area contributed by atoms with Crippen LogP contribution in [0.2, 0.25) is 0 Å². The van der Waals surface area contributed by atoms with Crippen LogP contribution in [0, 0.1) is 10.4 Å². The first kappa shape index (κ1) is 9.46. The van der Waals surface area contributed by atoms with Crippen molar-refractivity contribution in [1.29, 1.82) is 0 Å². The molecular formula is C10H15NS. The lowest BCUT2D eigenvalue weighted by Gasteiger charge is -2.15. The molecule has 1 atom stereocenters.